The number of halogens is 1. The number of hydrogen-bond donors (Lipinski definition) is 1. The lowest BCUT2D eigenvalue weighted by atomic mass is 10.2. The Labute approximate surface area is 166 Å². The van der Waals surface area contributed by atoms with Crippen LogP contribution in [-0.4, -0.2) is 35.2 Å². The molecule has 3 heterocycles. The number of nitrogens with zero attached hydrogens (tertiary/aromatic N) is 6. The molecule has 0 bridgehead atoms. The Kier molecular flexibility index (Phi) is 4.94. The van der Waals surface area contributed by atoms with Crippen LogP contribution in [0.2, 0.25) is 0 Å². The summed E-state index contributed by atoms with van der Waals surface area (Å²) >= 11 is 0. The number of benzene rings is 1. The van der Waals surface area contributed by atoms with Gasteiger partial charge in [0.2, 0.25) is 0 Å². The Morgan fingerprint density at radius 1 is 1.03 bits per heavy atom. The number of nitrogens with one attached hydrogen (secondary N) is 1. The van der Waals surface area contributed by atoms with Crippen molar-refractivity contribution in [3.8, 4) is 0 Å². The first-order chi connectivity index (χ1) is 14.0. The van der Waals surface area contributed by atoms with Crippen LogP contribution in [0.15, 0.2) is 54.9 Å². The molecule has 4 rings (SSSR count). The zero-order valence-corrected chi connectivity index (χ0v) is 16.1. The average Bonchev–Trinajstić information content (AvgIpc) is 3.37. The van der Waals surface area contributed by atoms with Gasteiger partial charge in [-0.1, -0.05) is 12.1 Å². The van der Waals surface area contributed by atoms with Crippen molar-refractivity contribution in [2.45, 2.75) is 27.1 Å². The minimum Gasteiger partial charge on any atom is -0.304 e. The second kappa shape index (κ2) is 7.70. The second-order valence-electron chi connectivity index (χ2n) is 6.79. The molecular formula is C20H20FN7O. The van der Waals surface area contributed by atoms with Gasteiger partial charge < -0.3 is 5.32 Å². The lowest BCUT2D eigenvalue weighted by Crippen LogP contribution is -2.16. The molecule has 0 aliphatic rings. The number of hydrogen-bond acceptors (Lipinski definition) is 4. The molecule has 29 heavy (non-hydrogen) atoms. The highest BCUT2D eigenvalue weighted by Gasteiger charge is 2.12. The maximum Gasteiger partial charge on any atom is 0.277 e. The van der Waals surface area contributed by atoms with Crippen molar-refractivity contribution >= 4 is 11.7 Å². The van der Waals surface area contributed by atoms with Gasteiger partial charge in [0.25, 0.3) is 5.91 Å². The number of rotatable bonds is 6. The van der Waals surface area contributed by atoms with Crippen LogP contribution in [0.3, 0.4) is 0 Å². The predicted octanol–water partition coefficient (Wildman–Crippen LogP) is 2.84. The maximum atomic E-state index is 13.3. The summed E-state index contributed by atoms with van der Waals surface area (Å²) in [6.07, 6.45) is 3.45. The Balaban J connectivity index is 1.39. The molecule has 9 heteroatoms. The molecule has 3 aromatic heterocycles. The summed E-state index contributed by atoms with van der Waals surface area (Å²) in [5.74, 6) is -0.244. The third-order valence-corrected chi connectivity index (χ3v) is 4.37. The first-order valence-electron chi connectivity index (χ1n) is 9.10. The van der Waals surface area contributed by atoms with E-state index in [1.807, 2.05) is 30.7 Å². The van der Waals surface area contributed by atoms with Gasteiger partial charge in [0.1, 0.15) is 12.5 Å². The molecule has 0 saturated heterocycles. The summed E-state index contributed by atoms with van der Waals surface area (Å²) in [7, 11) is 0. The largest absolute Gasteiger partial charge is 0.304 e. The summed E-state index contributed by atoms with van der Waals surface area (Å²) in [4.78, 5) is 12.5. The molecule has 1 N–H and O–H groups in total. The molecule has 0 aliphatic heterocycles. The van der Waals surface area contributed by atoms with Crippen LogP contribution < -0.4 is 5.32 Å². The van der Waals surface area contributed by atoms with Crippen molar-refractivity contribution in [3.63, 3.8) is 0 Å². The monoisotopic (exact) mass is 393 g/mol. The maximum absolute atomic E-state index is 13.3. The van der Waals surface area contributed by atoms with E-state index in [1.54, 1.807) is 40.0 Å². The van der Waals surface area contributed by atoms with Gasteiger partial charge in [-0.15, -0.1) is 0 Å². The lowest BCUT2D eigenvalue weighted by molar-refractivity contribution is 0.102. The first kappa shape index (κ1) is 18.6. The third-order valence-electron chi connectivity index (χ3n) is 4.37. The fourth-order valence-corrected chi connectivity index (χ4v) is 3.04. The molecule has 0 radical (unpaired) electrons. The van der Waals surface area contributed by atoms with E-state index in [0.717, 1.165) is 17.0 Å². The van der Waals surface area contributed by atoms with Crippen molar-refractivity contribution in [3.05, 3.63) is 83.3 Å². The van der Waals surface area contributed by atoms with Gasteiger partial charge in [0.05, 0.1) is 12.2 Å². The minimum absolute atomic E-state index is 0.284. The number of carbonyl (C=O) groups is 1. The van der Waals surface area contributed by atoms with E-state index in [4.69, 9.17) is 0 Å². The quantitative estimate of drug-likeness (QED) is 0.546. The molecule has 4 aromatic rings. The van der Waals surface area contributed by atoms with Crippen LogP contribution in [0.4, 0.5) is 10.2 Å². The molecule has 1 aromatic carbocycles. The number of aryl methyl sites for hydroxylation is 2. The Morgan fingerprint density at radius 3 is 2.62 bits per heavy atom. The van der Waals surface area contributed by atoms with E-state index < -0.39 is 0 Å². The first-order valence-corrected chi connectivity index (χ1v) is 9.10. The zero-order valence-electron chi connectivity index (χ0n) is 16.1. The Morgan fingerprint density at radius 2 is 1.86 bits per heavy atom. The number of amides is 1. The predicted molar refractivity (Wildman–Crippen MR) is 105 cm³/mol. The van der Waals surface area contributed by atoms with E-state index in [9.17, 15) is 9.18 Å². The van der Waals surface area contributed by atoms with Crippen molar-refractivity contribution in [1.29, 1.82) is 0 Å². The fraction of sp³-hybridized carbons (Fsp3) is 0.200. The van der Waals surface area contributed by atoms with E-state index in [0.29, 0.717) is 19.0 Å². The summed E-state index contributed by atoms with van der Waals surface area (Å²) < 4.78 is 18.4. The minimum atomic E-state index is -0.354. The number of carbonyl (C=O) groups excluding carboxylic acids is 1. The van der Waals surface area contributed by atoms with Gasteiger partial charge in [-0.2, -0.15) is 15.3 Å². The van der Waals surface area contributed by atoms with E-state index in [2.05, 4.69) is 20.6 Å². The van der Waals surface area contributed by atoms with Crippen LogP contribution in [0.1, 0.15) is 27.4 Å². The van der Waals surface area contributed by atoms with Crippen molar-refractivity contribution < 1.29 is 9.18 Å². The van der Waals surface area contributed by atoms with E-state index in [1.165, 1.54) is 12.1 Å². The zero-order chi connectivity index (χ0) is 20.4. The molecule has 0 spiro atoms. The topological polar surface area (TPSA) is 82.6 Å². The molecule has 0 aliphatic carbocycles. The molecule has 148 valence electrons. The van der Waals surface area contributed by atoms with Crippen LogP contribution in [-0.2, 0) is 13.2 Å². The van der Waals surface area contributed by atoms with Crippen molar-refractivity contribution in [1.82, 2.24) is 29.3 Å². The summed E-state index contributed by atoms with van der Waals surface area (Å²) in [5.41, 5.74) is 3.02. The summed E-state index contributed by atoms with van der Waals surface area (Å²) in [6.45, 7) is 4.73. The van der Waals surface area contributed by atoms with Gasteiger partial charge in [-0.05, 0) is 43.7 Å². The summed E-state index contributed by atoms with van der Waals surface area (Å²) in [5, 5.41) is 15.7. The van der Waals surface area contributed by atoms with Crippen LogP contribution >= 0.6 is 0 Å². The van der Waals surface area contributed by atoms with E-state index >= 15 is 0 Å². The van der Waals surface area contributed by atoms with Crippen molar-refractivity contribution in [2.75, 3.05) is 5.32 Å². The number of aromatic nitrogens is 6. The van der Waals surface area contributed by atoms with Gasteiger partial charge in [-0.3, -0.25) is 14.2 Å². The van der Waals surface area contributed by atoms with Gasteiger partial charge in [0.15, 0.2) is 11.5 Å². The highest BCUT2D eigenvalue weighted by atomic mass is 19.1. The highest BCUT2D eigenvalue weighted by molar-refractivity contribution is 6.02. The summed E-state index contributed by atoms with van der Waals surface area (Å²) in [6, 6.07) is 11.6. The average molecular weight is 393 g/mol. The third kappa shape index (κ3) is 4.40. The van der Waals surface area contributed by atoms with Gasteiger partial charge in [-0.25, -0.2) is 9.07 Å². The molecule has 1 amide bonds. The SMILES string of the molecule is Cc1cc(C)n(Cn2ccc(C(=O)Nc3ccn(Cc4cccc(F)c4)n3)n2)n1. The van der Waals surface area contributed by atoms with Crippen LogP contribution in [0, 0.1) is 19.7 Å². The molecule has 8 nitrogen and oxygen atoms in total. The number of anilines is 1. The van der Waals surface area contributed by atoms with E-state index in [-0.39, 0.29) is 17.4 Å². The van der Waals surface area contributed by atoms with Gasteiger partial charge >= 0.3 is 0 Å². The van der Waals surface area contributed by atoms with Crippen molar-refractivity contribution in [2.24, 2.45) is 0 Å². The standard InChI is InChI=1S/C20H20FN7O/c1-14-10-15(2)28(23-14)13-27-8-6-18(24-27)20(29)22-19-7-9-26(25-19)12-16-4-3-5-17(21)11-16/h3-11H,12-13H2,1-2H3,(H,22,25,29). The Bertz CT molecular complexity index is 1160. The molecular weight excluding hydrogens is 373 g/mol. The molecule has 0 atom stereocenters. The van der Waals surface area contributed by atoms with Crippen LogP contribution in [0.25, 0.3) is 0 Å². The lowest BCUT2D eigenvalue weighted by Gasteiger charge is -2.04. The van der Waals surface area contributed by atoms with Crippen LogP contribution in [0.5, 0.6) is 0 Å². The van der Waals surface area contributed by atoms with Gasteiger partial charge in [0, 0.05) is 24.2 Å². The Hall–Kier alpha value is -3.75. The second-order valence-corrected chi connectivity index (χ2v) is 6.79. The molecule has 0 fully saturated rings. The highest BCUT2D eigenvalue weighted by Crippen LogP contribution is 2.10. The molecule has 0 unspecified atom stereocenters. The normalized spacial score (nSPS) is 11.0. The fourth-order valence-electron chi connectivity index (χ4n) is 3.04. The molecule has 0 saturated carbocycles. The smallest absolute Gasteiger partial charge is 0.277 e.